The number of imidazole rings is 1. The summed E-state index contributed by atoms with van der Waals surface area (Å²) < 4.78 is 6.79. The number of anilines is 1. The van der Waals surface area contributed by atoms with Crippen molar-refractivity contribution >= 4 is 28.7 Å². The van der Waals surface area contributed by atoms with Crippen LogP contribution in [0.3, 0.4) is 0 Å². The monoisotopic (exact) mass is 273 g/mol. The van der Waals surface area contributed by atoms with Gasteiger partial charge in [0.2, 0.25) is 5.95 Å². The lowest BCUT2D eigenvalue weighted by atomic mass is 10.5. The standard InChI is InChI=1S/C9H12ClN5O3/c10-5(1-16)2-18-4-15-3-12-6-7(15)13-9(11)14-8(6)17/h3,5,16H,1-2,4H2,(H3,11,13,14,17)/t5-/m0/s1. The van der Waals surface area contributed by atoms with Gasteiger partial charge in [-0.25, -0.2) is 4.98 Å². The predicted molar refractivity (Wildman–Crippen MR) is 65.2 cm³/mol. The molecule has 2 heterocycles. The minimum atomic E-state index is -0.471. The Morgan fingerprint density at radius 2 is 2.44 bits per heavy atom. The third-order valence-corrected chi connectivity index (χ3v) is 2.48. The maximum atomic E-state index is 11.5. The van der Waals surface area contributed by atoms with Gasteiger partial charge in [0.05, 0.1) is 24.9 Å². The fourth-order valence-electron chi connectivity index (χ4n) is 1.40. The highest BCUT2D eigenvalue weighted by molar-refractivity contribution is 6.20. The van der Waals surface area contributed by atoms with Gasteiger partial charge < -0.3 is 15.6 Å². The van der Waals surface area contributed by atoms with Crippen LogP contribution < -0.4 is 11.3 Å². The molecule has 0 bridgehead atoms. The van der Waals surface area contributed by atoms with Gasteiger partial charge in [0, 0.05) is 0 Å². The lowest BCUT2D eigenvalue weighted by Gasteiger charge is -2.08. The van der Waals surface area contributed by atoms with Crippen molar-refractivity contribution in [3.05, 3.63) is 16.7 Å². The first kappa shape index (κ1) is 12.8. The normalized spacial score (nSPS) is 13.0. The van der Waals surface area contributed by atoms with Gasteiger partial charge in [0.15, 0.2) is 11.2 Å². The van der Waals surface area contributed by atoms with Crippen LogP contribution in [-0.4, -0.2) is 43.2 Å². The number of H-pyrrole nitrogens is 1. The molecule has 0 aliphatic carbocycles. The van der Waals surface area contributed by atoms with E-state index in [1.807, 2.05) is 0 Å². The van der Waals surface area contributed by atoms with Gasteiger partial charge in [-0.1, -0.05) is 0 Å². The Balaban J connectivity index is 2.17. The lowest BCUT2D eigenvalue weighted by Crippen LogP contribution is -2.16. The third kappa shape index (κ3) is 2.61. The zero-order chi connectivity index (χ0) is 13.1. The van der Waals surface area contributed by atoms with Crippen molar-refractivity contribution in [2.75, 3.05) is 18.9 Å². The number of fused-ring (bicyclic) bond motifs is 1. The zero-order valence-electron chi connectivity index (χ0n) is 9.34. The van der Waals surface area contributed by atoms with E-state index >= 15 is 0 Å². The summed E-state index contributed by atoms with van der Waals surface area (Å²) in [4.78, 5) is 21.7. The number of aromatic nitrogens is 4. The molecule has 0 saturated carbocycles. The second-order valence-corrected chi connectivity index (χ2v) is 4.23. The number of nitrogens with two attached hydrogens (primary N) is 1. The Morgan fingerprint density at radius 3 is 3.17 bits per heavy atom. The van der Waals surface area contributed by atoms with E-state index in [0.717, 1.165) is 0 Å². The summed E-state index contributed by atoms with van der Waals surface area (Å²) in [6, 6.07) is 0. The highest BCUT2D eigenvalue weighted by Gasteiger charge is 2.09. The average Bonchev–Trinajstić information content (AvgIpc) is 2.72. The largest absolute Gasteiger partial charge is 0.395 e. The van der Waals surface area contributed by atoms with Crippen LogP contribution in [-0.2, 0) is 11.5 Å². The Kier molecular flexibility index (Phi) is 3.80. The maximum absolute atomic E-state index is 11.5. The van der Waals surface area contributed by atoms with Crippen molar-refractivity contribution in [1.82, 2.24) is 19.5 Å². The molecule has 0 radical (unpaired) electrons. The molecule has 0 aliphatic rings. The van der Waals surface area contributed by atoms with E-state index in [-0.39, 0.29) is 31.4 Å². The molecule has 0 fully saturated rings. The molecule has 2 aromatic rings. The van der Waals surface area contributed by atoms with Crippen LogP contribution >= 0.6 is 11.6 Å². The number of aliphatic hydroxyl groups is 1. The summed E-state index contributed by atoms with van der Waals surface area (Å²) in [5, 5.41) is 8.26. The van der Waals surface area contributed by atoms with E-state index in [1.54, 1.807) is 0 Å². The maximum Gasteiger partial charge on any atom is 0.280 e. The number of hydrogen-bond donors (Lipinski definition) is 3. The van der Waals surface area contributed by atoms with Crippen LogP contribution in [0.15, 0.2) is 11.1 Å². The van der Waals surface area contributed by atoms with Gasteiger partial charge in [-0.15, -0.1) is 11.6 Å². The fourth-order valence-corrected chi connectivity index (χ4v) is 1.49. The summed E-state index contributed by atoms with van der Waals surface area (Å²) in [5.41, 5.74) is 5.58. The number of nitrogens with one attached hydrogen (secondary N) is 1. The smallest absolute Gasteiger partial charge is 0.280 e. The van der Waals surface area contributed by atoms with E-state index in [0.29, 0.717) is 5.65 Å². The predicted octanol–water partition coefficient (Wildman–Crippen LogP) is -0.724. The number of hydrogen-bond acceptors (Lipinski definition) is 6. The first-order valence-corrected chi connectivity index (χ1v) is 5.58. The molecular formula is C9H12ClN5O3. The first-order valence-electron chi connectivity index (χ1n) is 5.15. The zero-order valence-corrected chi connectivity index (χ0v) is 10.1. The quantitative estimate of drug-likeness (QED) is 0.618. The van der Waals surface area contributed by atoms with E-state index in [1.165, 1.54) is 10.9 Å². The number of alkyl halides is 1. The van der Waals surface area contributed by atoms with Crippen molar-refractivity contribution in [3.8, 4) is 0 Å². The van der Waals surface area contributed by atoms with Crippen molar-refractivity contribution in [2.24, 2.45) is 0 Å². The fraction of sp³-hybridized carbons (Fsp3) is 0.444. The van der Waals surface area contributed by atoms with Gasteiger partial charge in [0.1, 0.15) is 6.73 Å². The molecule has 9 heteroatoms. The summed E-state index contributed by atoms with van der Waals surface area (Å²) in [7, 11) is 0. The Hall–Kier alpha value is -1.64. The van der Waals surface area contributed by atoms with E-state index < -0.39 is 10.9 Å². The second-order valence-electron chi connectivity index (χ2n) is 3.62. The molecule has 18 heavy (non-hydrogen) atoms. The minimum absolute atomic E-state index is 0.0137. The molecule has 2 rings (SSSR count). The van der Waals surface area contributed by atoms with Crippen molar-refractivity contribution in [2.45, 2.75) is 12.1 Å². The number of nitrogens with zero attached hydrogens (tertiary/aromatic N) is 3. The molecule has 0 aliphatic heterocycles. The molecular weight excluding hydrogens is 262 g/mol. The molecule has 2 aromatic heterocycles. The molecule has 0 unspecified atom stereocenters. The van der Waals surface area contributed by atoms with E-state index in [4.69, 9.17) is 27.2 Å². The van der Waals surface area contributed by atoms with Crippen molar-refractivity contribution in [1.29, 1.82) is 0 Å². The van der Waals surface area contributed by atoms with E-state index in [2.05, 4.69) is 15.0 Å². The highest BCUT2D eigenvalue weighted by atomic mass is 35.5. The van der Waals surface area contributed by atoms with Crippen LogP contribution in [0.2, 0.25) is 0 Å². The van der Waals surface area contributed by atoms with Crippen molar-refractivity contribution in [3.63, 3.8) is 0 Å². The van der Waals surface area contributed by atoms with Gasteiger partial charge in [-0.3, -0.25) is 14.3 Å². The summed E-state index contributed by atoms with van der Waals surface area (Å²) in [5.74, 6) is 0.0137. The molecule has 98 valence electrons. The molecule has 1 atom stereocenters. The molecule has 8 nitrogen and oxygen atoms in total. The average molecular weight is 274 g/mol. The first-order chi connectivity index (χ1) is 8.61. The summed E-state index contributed by atoms with van der Waals surface area (Å²) >= 11 is 5.68. The number of halogens is 1. The molecule has 0 aromatic carbocycles. The Bertz CT molecular complexity index is 595. The van der Waals surface area contributed by atoms with Crippen LogP contribution in [0.1, 0.15) is 0 Å². The van der Waals surface area contributed by atoms with Gasteiger partial charge in [0.25, 0.3) is 5.56 Å². The number of aliphatic hydroxyl groups excluding tert-OH is 1. The van der Waals surface area contributed by atoms with E-state index in [9.17, 15) is 4.79 Å². The number of aromatic amines is 1. The van der Waals surface area contributed by atoms with Gasteiger partial charge >= 0.3 is 0 Å². The Morgan fingerprint density at radius 1 is 1.67 bits per heavy atom. The SMILES string of the molecule is Nc1nc2c(ncn2COC[C@@H](Cl)CO)c(=O)[nH]1. The second kappa shape index (κ2) is 5.34. The summed E-state index contributed by atoms with van der Waals surface area (Å²) in [6.45, 7) is 0.128. The molecule has 0 amide bonds. The topological polar surface area (TPSA) is 119 Å². The van der Waals surface area contributed by atoms with Gasteiger partial charge in [-0.2, -0.15) is 4.98 Å². The summed E-state index contributed by atoms with van der Waals surface area (Å²) in [6.07, 6.45) is 1.43. The minimum Gasteiger partial charge on any atom is -0.395 e. The van der Waals surface area contributed by atoms with Crippen molar-refractivity contribution < 1.29 is 9.84 Å². The molecule has 4 N–H and O–H groups in total. The van der Waals surface area contributed by atoms with Crippen LogP contribution in [0.5, 0.6) is 0 Å². The van der Waals surface area contributed by atoms with Crippen LogP contribution in [0.4, 0.5) is 5.95 Å². The lowest BCUT2D eigenvalue weighted by molar-refractivity contribution is 0.0700. The van der Waals surface area contributed by atoms with Crippen LogP contribution in [0.25, 0.3) is 11.2 Å². The highest BCUT2D eigenvalue weighted by Crippen LogP contribution is 2.06. The number of ether oxygens (including phenoxy) is 1. The third-order valence-electron chi connectivity index (χ3n) is 2.22. The number of rotatable bonds is 5. The number of nitrogen functional groups attached to an aromatic ring is 1. The Labute approximate surface area is 106 Å². The molecule has 0 saturated heterocycles. The van der Waals surface area contributed by atoms with Crippen LogP contribution in [0, 0.1) is 0 Å². The van der Waals surface area contributed by atoms with Gasteiger partial charge in [-0.05, 0) is 0 Å². The molecule has 0 spiro atoms.